The van der Waals surface area contributed by atoms with Gasteiger partial charge in [0.1, 0.15) is 17.8 Å². The Hall–Kier alpha value is -3.46. The van der Waals surface area contributed by atoms with Crippen molar-refractivity contribution in [3.8, 4) is 22.8 Å². The summed E-state index contributed by atoms with van der Waals surface area (Å²) in [4.78, 5) is 8.13. The molecule has 3 aromatic carbocycles. The number of para-hydroxylation sites is 1. The highest BCUT2D eigenvalue weighted by molar-refractivity contribution is 7.90. The van der Waals surface area contributed by atoms with Crippen molar-refractivity contribution >= 4 is 20.7 Å². The molecule has 0 amide bonds. The summed E-state index contributed by atoms with van der Waals surface area (Å²) >= 11 is 0. The average molecular weight is 444 g/mol. The summed E-state index contributed by atoms with van der Waals surface area (Å²) in [6, 6.07) is 16.5. The smallest absolute Gasteiger partial charge is 0.418 e. The van der Waals surface area contributed by atoms with Gasteiger partial charge in [0.25, 0.3) is 0 Å². The fraction of sp³-hybridized carbons (Fsp3) is 0.0909. The van der Waals surface area contributed by atoms with Crippen molar-refractivity contribution in [3.63, 3.8) is 0 Å². The highest BCUT2D eigenvalue weighted by atomic mass is 32.2. The zero-order valence-electron chi connectivity index (χ0n) is 16.1. The lowest BCUT2D eigenvalue weighted by atomic mass is 10.0. The molecule has 0 atom stereocenters. The zero-order valence-corrected chi connectivity index (χ0v) is 16.9. The van der Waals surface area contributed by atoms with E-state index in [1.54, 1.807) is 36.4 Å². The fourth-order valence-corrected chi connectivity index (χ4v) is 3.81. The van der Waals surface area contributed by atoms with Gasteiger partial charge in [0.2, 0.25) is 0 Å². The highest BCUT2D eigenvalue weighted by Crippen LogP contribution is 2.37. The Bertz CT molecular complexity index is 1390. The Morgan fingerprint density at radius 3 is 2.26 bits per heavy atom. The number of sulfone groups is 1. The van der Waals surface area contributed by atoms with E-state index in [1.807, 2.05) is 0 Å². The number of hydrogen-bond acceptors (Lipinski definition) is 5. The maximum Gasteiger partial charge on any atom is 0.418 e. The number of benzene rings is 3. The van der Waals surface area contributed by atoms with Crippen molar-refractivity contribution in [2.75, 3.05) is 6.26 Å². The largest absolute Gasteiger partial charge is 0.457 e. The number of halogens is 3. The molecule has 0 fully saturated rings. The second-order valence-corrected chi connectivity index (χ2v) is 8.81. The van der Waals surface area contributed by atoms with E-state index in [9.17, 15) is 21.6 Å². The quantitative estimate of drug-likeness (QED) is 0.415. The van der Waals surface area contributed by atoms with Crippen LogP contribution in [0.5, 0.6) is 11.5 Å². The van der Waals surface area contributed by atoms with E-state index in [4.69, 9.17) is 4.74 Å². The Morgan fingerprint density at radius 1 is 0.871 bits per heavy atom. The van der Waals surface area contributed by atoms with Crippen LogP contribution in [0.1, 0.15) is 5.56 Å². The van der Waals surface area contributed by atoms with Gasteiger partial charge in [-0.25, -0.2) is 18.4 Å². The molecule has 0 aliphatic carbocycles. The number of ether oxygens (including phenoxy) is 1. The summed E-state index contributed by atoms with van der Waals surface area (Å²) < 4.78 is 69.3. The Morgan fingerprint density at radius 2 is 1.55 bits per heavy atom. The summed E-state index contributed by atoms with van der Waals surface area (Å²) in [5.41, 5.74) is -0.166. The average Bonchev–Trinajstić information content (AvgIpc) is 2.72. The van der Waals surface area contributed by atoms with Crippen LogP contribution in [-0.2, 0) is 16.0 Å². The minimum Gasteiger partial charge on any atom is -0.457 e. The molecular formula is C22H15F3N2O3S. The van der Waals surface area contributed by atoms with Crippen LogP contribution in [0.4, 0.5) is 13.2 Å². The second kappa shape index (κ2) is 7.66. The maximum absolute atomic E-state index is 13.4. The molecular weight excluding hydrogens is 429 g/mol. The number of fused-ring (bicyclic) bond motifs is 1. The first kappa shape index (κ1) is 20.8. The number of hydrogen-bond donors (Lipinski definition) is 0. The highest BCUT2D eigenvalue weighted by Gasteiger charge is 2.33. The molecule has 0 N–H and O–H groups in total. The molecule has 0 spiro atoms. The van der Waals surface area contributed by atoms with Gasteiger partial charge in [0, 0.05) is 17.2 Å². The van der Waals surface area contributed by atoms with Crippen molar-refractivity contribution in [1.82, 2.24) is 9.97 Å². The molecule has 1 aromatic heterocycles. The molecule has 9 heteroatoms. The first-order chi connectivity index (χ1) is 14.6. The second-order valence-electron chi connectivity index (χ2n) is 6.80. The van der Waals surface area contributed by atoms with E-state index in [2.05, 4.69) is 9.97 Å². The lowest BCUT2D eigenvalue weighted by Gasteiger charge is -2.12. The molecule has 1 heterocycles. The molecule has 31 heavy (non-hydrogen) atoms. The Labute approximate surface area is 176 Å². The maximum atomic E-state index is 13.4. The van der Waals surface area contributed by atoms with Crippen molar-refractivity contribution in [2.45, 2.75) is 11.1 Å². The lowest BCUT2D eigenvalue weighted by Crippen LogP contribution is -2.07. The van der Waals surface area contributed by atoms with E-state index in [0.717, 1.165) is 18.6 Å². The molecule has 158 valence electrons. The number of alkyl halides is 3. The van der Waals surface area contributed by atoms with Crippen molar-refractivity contribution < 1.29 is 26.3 Å². The first-order valence-corrected chi connectivity index (χ1v) is 10.9. The van der Waals surface area contributed by atoms with E-state index in [-0.39, 0.29) is 15.8 Å². The minimum atomic E-state index is -4.54. The van der Waals surface area contributed by atoms with Gasteiger partial charge in [-0.2, -0.15) is 13.2 Å². The van der Waals surface area contributed by atoms with E-state index in [1.165, 1.54) is 24.3 Å². The van der Waals surface area contributed by atoms with Gasteiger partial charge in [0.15, 0.2) is 9.84 Å². The predicted octanol–water partition coefficient (Wildman–Crippen LogP) is 5.51. The van der Waals surface area contributed by atoms with Crippen LogP contribution in [0.3, 0.4) is 0 Å². The van der Waals surface area contributed by atoms with Gasteiger partial charge in [-0.3, -0.25) is 0 Å². The van der Waals surface area contributed by atoms with Gasteiger partial charge in [-0.15, -0.1) is 0 Å². The molecule has 0 saturated carbocycles. The summed E-state index contributed by atoms with van der Waals surface area (Å²) in [6.07, 6.45) is -2.35. The molecule has 0 radical (unpaired) electrons. The zero-order chi connectivity index (χ0) is 22.2. The van der Waals surface area contributed by atoms with E-state index in [0.29, 0.717) is 22.8 Å². The van der Waals surface area contributed by atoms with Crippen LogP contribution in [0.15, 0.2) is 78.0 Å². The van der Waals surface area contributed by atoms with Gasteiger partial charge < -0.3 is 4.74 Å². The minimum absolute atomic E-state index is 0.114. The summed E-state index contributed by atoms with van der Waals surface area (Å²) in [5.74, 6) is 0.689. The van der Waals surface area contributed by atoms with Crippen LogP contribution in [-0.4, -0.2) is 24.6 Å². The van der Waals surface area contributed by atoms with Crippen LogP contribution < -0.4 is 4.74 Å². The summed E-state index contributed by atoms with van der Waals surface area (Å²) in [7, 11) is -3.40. The van der Waals surface area contributed by atoms with Crippen LogP contribution in [0.2, 0.25) is 0 Å². The molecule has 0 unspecified atom stereocenters. The predicted molar refractivity (Wildman–Crippen MR) is 110 cm³/mol. The Kier molecular flexibility index (Phi) is 5.14. The first-order valence-electron chi connectivity index (χ1n) is 9.02. The van der Waals surface area contributed by atoms with Crippen molar-refractivity contribution in [2.24, 2.45) is 0 Å². The third kappa shape index (κ3) is 4.36. The summed E-state index contributed by atoms with van der Waals surface area (Å²) in [6.45, 7) is 0. The molecule has 5 nitrogen and oxygen atoms in total. The van der Waals surface area contributed by atoms with Crippen molar-refractivity contribution in [3.05, 3.63) is 78.6 Å². The van der Waals surface area contributed by atoms with E-state index < -0.39 is 21.6 Å². The van der Waals surface area contributed by atoms with E-state index >= 15 is 0 Å². The number of nitrogens with zero attached hydrogens (tertiary/aromatic N) is 2. The molecule has 0 aliphatic rings. The number of rotatable bonds is 4. The van der Waals surface area contributed by atoms with Gasteiger partial charge in [-0.1, -0.05) is 30.3 Å². The van der Waals surface area contributed by atoms with Crippen LogP contribution in [0.25, 0.3) is 22.2 Å². The lowest BCUT2D eigenvalue weighted by molar-refractivity contribution is -0.136. The molecule has 4 rings (SSSR count). The fourth-order valence-electron chi connectivity index (χ4n) is 3.16. The summed E-state index contributed by atoms with van der Waals surface area (Å²) in [5, 5.41) is 0.258. The van der Waals surface area contributed by atoms with Gasteiger partial charge in [0.05, 0.1) is 21.7 Å². The number of aromatic nitrogens is 2. The Balaban J connectivity index is 1.75. The van der Waals surface area contributed by atoms with Crippen LogP contribution >= 0.6 is 0 Å². The molecule has 0 bridgehead atoms. The third-order valence-corrected chi connectivity index (χ3v) is 5.66. The van der Waals surface area contributed by atoms with Crippen molar-refractivity contribution in [1.29, 1.82) is 0 Å². The standard InChI is InChI=1S/C22H15F3N2O3S/c1-31(28,29)17-8-3-7-16(12-17)30-15-6-2-5-14(11-15)20-18-9-4-10-19(22(23,24)25)21(18)27-13-26-20/h2-13H,1H3. The SMILES string of the molecule is CS(=O)(=O)c1cccc(Oc2cccc(-c3ncnc4c(C(F)(F)F)cccc34)c2)c1. The normalized spacial score (nSPS) is 12.1. The molecule has 0 saturated heterocycles. The molecule has 4 aromatic rings. The molecule has 0 aliphatic heterocycles. The van der Waals surface area contributed by atoms with Gasteiger partial charge in [-0.05, 0) is 36.4 Å². The van der Waals surface area contributed by atoms with Crippen LogP contribution in [0, 0.1) is 0 Å². The third-order valence-electron chi connectivity index (χ3n) is 4.55. The van der Waals surface area contributed by atoms with Gasteiger partial charge >= 0.3 is 6.18 Å². The topological polar surface area (TPSA) is 69.2 Å². The monoisotopic (exact) mass is 444 g/mol.